The first kappa shape index (κ1) is 24.9. The summed E-state index contributed by atoms with van der Waals surface area (Å²) in [7, 11) is 0. The first-order valence-corrected chi connectivity index (χ1v) is 13.2. The van der Waals surface area contributed by atoms with Crippen molar-refractivity contribution in [2.75, 3.05) is 26.3 Å². The van der Waals surface area contributed by atoms with Crippen LogP contribution in [0.2, 0.25) is 0 Å². The highest BCUT2D eigenvalue weighted by atomic mass is 32.1. The van der Waals surface area contributed by atoms with Gasteiger partial charge in [-0.05, 0) is 30.3 Å². The average Bonchev–Trinajstić information content (AvgIpc) is 3.01. The van der Waals surface area contributed by atoms with E-state index in [1.807, 2.05) is 84.9 Å². The third-order valence-corrected chi connectivity index (χ3v) is 7.09. The summed E-state index contributed by atoms with van der Waals surface area (Å²) in [4.78, 5) is 25.9. The van der Waals surface area contributed by atoms with Crippen LogP contribution in [-0.4, -0.2) is 52.1 Å². The molecular weight excluding hydrogens is 506 g/mol. The summed E-state index contributed by atoms with van der Waals surface area (Å²) in [5, 5.41) is 0. The molecule has 5 aromatic rings. The number of para-hydroxylation sites is 1. The zero-order valence-electron chi connectivity index (χ0n) is 21.1. The van der Waals surface area contributed by atoms with Gasteiger partial charge in [-0.2, -0.15) is 0 Å². The van der Waals surface area contributed by atoms with Crippen molar-refractivity contribution >= 4 is 34.2 Å². The molecule has 0 bridgehead atoms. The van der Waals surface area contributed by atoms with E-state index in [4.69, 9.17) is 31.7 Å². The molecule has 0 unspecified atom stereocenters. The van der Waals surface area contributed by atoms with Gasteiger partial charge in [-0.3, -0.25) is 0 Å². The summed E-state index contributed by atoms with van der Waals surface area (Å²) < 4.78 is 11.3. The van der Waals surface area contributed by atoms with E-state index < -0.39 is 5.97 Å². The van der Waals surface area contributed by atoms with Crippen molar-refractivity contribution in [1.82, 2.24) is 14.9 Å². The molecule has 0 aliphatic carbocycles. The zero-order chi connectivity index (χ0) is 26.6. The maximum absolute atomic E-state index is 13.3. The Morgan fingerprint density at radius 2 is 1.33 bits per heavy atom. The summed E-state index contributed by atoms with van der Waals surface area (Å²) in [5.41, 5.74) is 5.86. The molecule has 192 valence electrons. The largest absolute Gasteiger partial charge is 0.422 e. The first-order valence-electron chi connectivity index (χ1n) is 12.8. The third-order valence-electron chi connectivity index (χ3n) is 6.61. The molecule has 1 aliphatic rings. The van der Waals surface area contributed by atoms with Crippen LogP contribution in [-0.2, 0) is 4.74 Å². The van der Waals surface area contributed by atoms with E-state index in [9.17, 15) is 4.79 Å². The molecule has 1 aliphatic heterocycles. The highest BCUT2D eigenvalue weighted by Gasteiger charge is 2.21. The molecule has 1 saturated heterocycles. The lowest BCUT2D eigenvalue weighted by molar-refractivity contribution is 0.0687. The van der Waals surface area contributed by atoms with Crippen LogP contribution >= 0.6 is 12.2 Å². The number of thiocarbonyl (C=S) groups is 1. The monoisotopic (exact) mass is 531 g/mol. The Morgan fingerprint density at radius 3 is 2.00 bits per heavy atom. The number of benzene rings is 4. The Bertz CT molecular complexity index is 1650. The van der Waals surface area contributed by atoms with Gasteiger partial charge in [-0.15, -0.1) is 0 Å². The number of hydrogen-bond acceptors (Lipinski definition) is 6. The third kappa shape index (κ3) is 5.27. The Hall–Kier alpha value is -4.46. The fraction of sp³-hybridized carbons (Fsp3) is 0.125. The van der Waals surface area contributed by atoms with E-state index in [-0.39, 0.29) is 0 Å². The van der Waals surface area contributed by atoms with Gasteiger partial charge in [0.15, 0.2) is 0 Å². The molecule has 7 heteroatoms. The second-order valence-electron chi connectivity index (χ2n) is 9.15. The predicted molar refractivity (Wildman–Crippen MR) is 156 cm³/mol. The van der Waals surface area contributed by atoms with Crippen LogP contribution in [0.1, 0.15) is 15.9 Å². The van der Waals surface area contributed by atoms with Crippen molar-refractivity contribution in [2.24, 2.45) is 0 Å². The fourth-order valence-corrected chi connectivity index (χ4v) is 4.95. The van der Waals surface area contributed by atoms with Gasteiger partial charge in [0.1, 0.15) is 10.7 Å². The standard InChI is InChI=1S/C32H25N3O3S/c36-32(38-28-14-8-7-13-25(28)31(39)35-17-19-37-20-18-35)24-15-16-26-27(21-24)34-30(23-11-5-2-6-12-23)29(33-26)22-9-3-1-4-10-22/h1-16,21H,17-20H2. The molecule has 2 heterocycles. The summed E-state index contributed by atoms with van der Waals surface area (Å²) in [6, 6.07) is 32.5. The van der Waals surface area contributed by atoms with Gasteiger partial charge in [0, 0.05) is 24.2 Å². The van der Waals surface area contributed by atoms with Gasteiger partial charge in [0.05, 0.1) is 46.8 Å². The smallest absolute Gasteiger partial charge is 0.343 e. The maximum atomic E-state index is 13.3. The number of rotatable bonds is 5. The summed E-state index contributed by atoms with van der Waals surface area (Å²) in [5.74, 6) is -0.0566. The van der Waals surface area contributed by atoms with Crippen molar-refractivity contribution in [3.63, 3.8) is 0 Å². The highest BCUT2D eigenvalue weighted by molar-refractivity contribution is 7.80. The molecule has 0 saturated carbocycles. The number of carbonyl (C=O) groups excluding carboxylic acids is 1. The van der Waals surface area contributed by atoms with Crippen LogP contribution < -0.4 is 4.74 Å². The Morgan fingerprint density at radius 1 is 0.744 bits per heavy atom. The average molecular weight is 532 g/mol. The van der Waals surface area contributed by atoms with Crippen LogP contribution in [0, 0.1) is 0 Å². The second-order valence-corrected chi connectivity index (χ2v) is 9.53. The quantitative estimate of drug-likeness (QED) is 0.152. The van der Waals surface area contributed by atoms with Crippen LogP contribution in [0.5, 0.6) is 5.75 Å². The first-order chi connectivity index (χ1) is 19.2. The zero-order valence-corrected chi connectivity index (χ0v) is 21.9. The van der Waals surface area contributed by atoms with E-state index in [0.717, 1.165) is 22.5 Å². The van der Waals surface area contributed by atoms with Gasteiger partial charge >= 0.3 is 5.97 Å². The minimum Gasteiger partial charge on any atom is -0.422 e. The molecule has 1 aromatic heterocycles. The van der Waals surface area contributed by atoms with E-state index >= 15 is 0 Å². The maximum Gasteiger partial charge on any atom is 0.343 e. The number of ether oxygens (including phenoxy) is 2. The summed E-state index contributed by atoms with van der Waals surface area (Å²) in [6.45, 7) is 2.66. The molecule has 6 nitrogen and oxygen atoms in total. The molecular formula is C32H25N3O3S. The molecule has 4 aromatic carbocycles. The van der Waals surface area contributed by atoms with Crippen LogP contribution in [0.15, 0.2) is 103 Å². The Balaban J connectivity index is 1.34. The number of nitrogens with zero attached hydrogens (tertiary/aromatic N) is 3. The predicted octanol–water partition coefficient (Wildman–Crippen LogP) is 6.19. The number of hydrogen-bond donors (Lipinski definition) is 0. The molecule has 0 N–H and O–H groups in total. The molecule has 0 spiro atoms. The minimum atomic E-state index is -0.482. The van der Waals surface area contributed by atoms with Crippen molar-refractivity contribution < 1.29 is 14.3 Å². The van der Waals surface area contributed by atoms with Gasteiger partial charge in [-0.1, -0.05) is 85.0 Å². The van der Waals surface area contributed by atoms with E-state index in [0.29, 0.717) is 59.2 Å². The number of carbonyl (C=O) groups is 1. The summed E-state index contributed by atoms with van der Waals surface area (Å²) in [6.07, 6.45) is 0. The second kappa shape index (κ2) is 11.1. The number of fused-ring (bicyclic) bond motifs is 1. The van der Waals surface area contributed by atoms with Gasteiger partial charge in [0.2, 0.25) is 0 Å². The minimum absolute atomic E-state index is 0.385. The van der Waals surface area contributed by atoms with E-state index in [1.165, 1.54) is 0 Å². The lowest BCUT2D eigenvalue weighted by Crippen LogP contribution is -2.40. The van der Waals surface area contributed by atoms with Gasteiger partial charge < -0.3 is 14.4 Å². The normalized spacial score (nSPS) is 13.3. The van der Waals surface area contributed by atoms with Crippen LogP contribution in [0.25, 0.3) is 33.5 Å². The molecule has 0 atom stereocenters. The number of esters is 1. The van der Waals surface area contributed by atoms with Crippen LogP contribution in [0.4, 0.5) is 0 Å². The SMILES string of the molecule is O=C(Oc1ccccc1C(=S)N1CCOCC1)c1ccc2nc(-c3ccccc3)c(-c3ccccc3)nc2c1. The molecule has 0 amide bonds. The van der Waals surface area contributed by atoms with E-state index in [1.54, 1.807) is 18.2 Å². The summed E-state index contributed by atoms with van der Waals surface area (Å²) >= 11 is 5.73. The Kier molecular flexibility index (Phi) is 7.08. The molecule has 39 heavy (non-hydrogen) atoms. The topological polar surface area (TPSA) is 64.5 Å². The Labute approximate surface area is 231 Å². The van der Waals surface area contributed by atoms with Gasteiger partial charge in [0.25, 0.3) is 0 Å². The number of aromatic nitrogens is 2. The van der Waals surface area contributed by atoms with Gasteiger partial charge in [-0.25, -0.2) is 14.8 Å². The number of morpholine rings is 1. The molecule has 6 rings (SSSR count). The van der Waals surface area contributed by atoms with Crippen molar-refractivity contribution in [1.29, 1.82) is 0 Å². The van der Waals surface area contributed by atoms with Crippen LogP contribution in [0.3, 0.4) is 0 Å². The molecule has 1 fully saturated rings. The highest BCUT2D eigenvalue weighted by Crippen LogP contribution is 2.31. The van der Waals surface area contributed by atoms with Crippen molar-refractivity contribution in [2.45, 2.75) is 0 Å². The van der Waals surface area contributed by atoms with Crippen molar-refractivity contribution in [3.05, 3.63) is 114 Å². The molecule has 0 radical (unpaired) electrons. The lowest BCUT2D eigenvalue weighted by atomic mass is 10.0. The van der Waals surface area contributed by atoms with Crippen molar-refractivity contribution in [3.8, 4) is 28.3 Å². The fourth-order valence-electron chi connectivity index (χ4n) is 4.60. The lowest BCUT2D eigenvalue weighted by Gasteiger charge is -2.29. The van der Waals surface area contributed by atoms with E-state index in [2.05, 4.69) is 4.90 Å².